The molecule has 0 unspecified atom stereocenters. The van der Waals surface area contributed by atoms with Gasteiger partial charge >= 0.3 is 6.03 Å². The molecule has 9 nitrogen and oxygen atoms in total. The highest BCUT2D eigenvalue weighted by molar-refractivity contribution is 7.91. The predicted molar refractivity (Wildman–Crippen MR) is 115 cm³/mol. The summed E-state index contributed by atoms with van der Waals surface area (Å²) in [5.41, 5.74) is 1.86. The number of nitrogens with zero attached hydrogens (tertiary/aromatic N) is 5. The van der Waals surface area contributed by atoms with E-state index in [-0.39, 0.29) is 22.8 Å². The maximum Gasteiger partial charge on any atom is 0.317 e. The van der Waals surface area contributed by atoms with Crippen molar-refractivity contribution in [2.45, 2.75) is 23.7 Å². The Balaban J connectivity index is 1.60. The van der Waals surface area contributed by atoms with E-state index in [1.165, 1.54) is 24.7 Å². The zero-order valence-corrected chi connectivity index (χ0v) is 18.8. The van der Waals surface area contributed by atoms with Crippen LogP contribution in [0.5, 0.6) is 0 Å². The predicted octanol–water partition coefficient (Wildman–Crippen LogP) is 2.48. The average Bonchev–Trinajstić information content (AvgIpc) is 3.43. The molecule has 0 fully saturated rings. The molecule has 0 aliphatic heterocycles. The molecule has 2 amide bonds. The maximum atomic E-state index is 12.6. The molecule has 1 atom stereocenters. The molecular weight excluding hydrogens is 424 g/mol. The normalized spacial score (nSPS) is 12.7. The fourth-order valence-electron chi connectivity index (χ4n) is 2.71. The van der Waals surface area contributed by atoms with E-state index in [1.54, 1.807) is 35.1 Å². The van der Waals surface area contributed by atoms with E-state index in [1.807, 2.05) is 31.2 Å². The molecule has 0 radical (unpaired) electrons. The first-order valence-corrected chi connectivity index (χ1v) is 11.4. The fourth-order valence-corrected chi connectivity index (χ4v) is 5.17. The maximum absolute atomic E-state index is 12.6. The van der Waals surface area contributed by atoms with Crippen molar-refractivity contribution in [3.05, 3.63) is 59.5 Å². The molecule has 3 aromatic rings. The second-order valence-corrected chi connectivity index (χ2v) is 10.4. The SMILES string of the molecule is C[C@H](c1ccc(-n2cncn2)cc1)N(C)C(=O)NCc1ccc(S(=O)(=O)N(C)C)s1. The van der Waals surface area contributed by atoms with E-state index < -0.39 is 10.0 Å². The smallest absolute Gasteiger partial charge is 0.317 e. The third-order valence-corrected chi connectivity index (χ3v) is 8.11. The summed E-state index contributed by atoms with van der Waals surface area (Å²) in [6.45, 7) is 2.20. The molecular formula is C19H24N6O3S2. The van der Waals surface area contributed by atoms with Crippen molar-refractivity contribution in [3.8, 4) is 5.69 Å². The molecule has 1 aromatic carbocycles. The van der Waals surface area contributed by atoms with Crippen LogP contribution in [-0.2, 0) is 16.6 Å². The number of aromatic nitrogens is 3. The van der Waals surface area contributed by atoms with Crippen LogP contribution in [-0.4, -0.2) is 59.6 Å². The highest BCUT2D eigenvalue weighted by Gasteiger charge is 2.21. The van der Waals surface area contributed by atoms with Gasteiger partial charge in [-0.1, -0.05) is 12.1 Å². The van der Waals surface area contributed by atoms with Crippen molar-refractivity contribution in [2.75, 3.05) is 21.1 Å². The largest absolute Gasteiger partial charge is 0.333 e. The highest BCUT2D eigenvalue weighted by atomic mass is 32.2. The summed E-state index contributed by atoms with van der Waals surface area (Å²) in [4.78, 5) is 18.9. The fraction of sp³-hybridized carbons (Fsp3) is 0.316. The lowest BCUT2D eigenvalue weighted by Gasteiger charge is -2.25. The number of thiophene rings is 1. The molecule has 0 bridgehead atoms. The van der Waals surface area contributed by atoms with Crippen LogP contribution in [0.4, 0.5) is 4.79 Å². The quantitative estimate of drug-likeness (QED) is 0.598. The Morgan fingerprint density at radius 1 is 1.17 bits per heavy atom. The Labute approximate surface area is 180 Å². The van der Waals surface area contributed by atoms with E-state index >= 15 is 0 Å². The standard InChI is InChI=1S/C19H24N6O3S2/c1-14(15-5-7-16(8-6-15)25-13-20-12-22-25)24(4)19(26)21-11-17-9-10-18(29-17)30(27,28)23(2)3/h5-10,12-14H,11H2,1-4H3,(H,21,26)/t14-/m1/s1. The topological polar surface area (TPSA) is 100 Å². The summed E-state index contributed by atoms with van der Waals surface area (Å²) < 4.78 is 27.4. The molecule has 0 saturated carbocycles. The van der Waals surface area contributed by atoms with Gasteiger partial charge in [-0.25, -0.2) is 27.2 Å². The molecule has 2 heterocycles. The van der Waals surface area contributed by atoms with Crippen molar-refractivity contribution in [3.63, 3.8) is 0 Å². The summed E-state index contributed by atoms with van der Waals surface area (Å²) in [6, 6.07) is 10.6. The third-order valence-electron chi connectivity index (χ3n) is 4.75. The number of sulfonamides is 1. The molecule has 160 valence electrons. The van der Waals surface area contributed by atoms with Gasteiger partial charge in [-0.3, -0.25) is 0 Å². The van der Waals surface area contributed by atoms with Gasteiger partial charge in [-0.2, -0.15) is 5.10 Å². The number of hydrogen-bond donors (Lipinski definition) is 1. The minimum atomic E-state index is -3.46. The number of rotatable bonds is 7. The minimum absolute atomic E-state index is 0.150. The number of carbonyl (C=O) groups excluding carboxylic acids is 1. The van der Waals surface area contributed by atoms with E-state index in [4.69, 9.17) is 0 Å². The second kappa shape index (κ2) is 8.94. The van der Waals surface area contributed by atoms with E-state index in [2.05, 4.69) is 15.4 Å². The monoisotopic (exact) mass is 448 g/mol. The first-order valence-electron chi connectivity index (χ1n) is 9.17. The Hall–Kier alpha value is -2.76. The highest BCUT2D eigenvalue weighted by Crippen LogP contribution is 2.24. The van der Waals surface area contributed by atoms with Crippen LogP contribution >= 0.6 is 11.3 Å². The number of amides is 2. The van der Waals surface area contributed by atoms with Crippen molar-refractivity contribution >= 4 is 27.4 Å². The summed E-state index contributed by atoms with van der Waals surface area (Å²) in [5.74, 6) is 0. The first kappa shape index (κ1) is 21.9. The average molecular weight is 449 g/mol. The summed E-state index contributed by atoms with van der Waals surface area (Å²) >= 11 is 1.15. The van der Waals surface area contributed by atoms with E-state index in [0.29, 0.717) is 0 Å². The Kier molecular flexibility index (Phi) is 6.54. The van der Waals surface area contributed by atoms with Crippen molar-refractivity contribution in [1.29, 1.82) is 0 Å². The second-order valence-electron chi connectivity index (χ2n) is 6.89. The molecule has 3 rings (SSSR count). The van der Waals surface area contributed by atoms with E-state index in [9.17, 15) is 13.2 Å². The van der Waals surface area contributed by atoms with Gasteiger partial charge in [0, 0.05) is 26.0 Å². The zero-order valence-electron chi connectivity index (χ0n) is 17.2. The summed E-state index contributed by atoms with van der Waals surface area (Å²) in [6.07, 6.45) is 3.10. The molecule has 30 heavy (non-hydrogen) atoms. The number of benzene rings is 1. The number of nitrogens with one attached hydrogen (secondary N) is 1. The molecule has 0 aliphatic carbocycles. The zero-order chi connectivity index (χ0) is 21.9. The summed E-state index contributed by atoms with van der Waals surface area (Å²) in [7, 11) is 1.24. The van der Waals surface area contributed by atoms with Crippen LogP contribution in [0.15, 0.2) is 53.3 Å². The van der Waals surface area contributed by atoms with Crippen molar-refractivity contribution in [1.82, 2.24) is 29.3 Å². The van der Waals surface area contributed by atoms with Crippen molar-refractivity contribution < 1.29 is 13.2 Å². The Morgan fingerprint density at radius 2 is 1.87 bits per heavy atom. The van der Waals surface area contributed by atoms with Crippen LogP contribution < -0.4 is 5.32 Å². The summed E-state index contributed by atoms with van der Waals surface area (Å²) in [5, 5.41) is 6.94. The molecule has 0 saturated heterocycles. The van der Waals surface area contributed by atoms with Crippen LogP contribution in [0.1, 0.15) is 23.4 Å². The number of hydrogen-bond acceptors (Lipinski definition) is 6. The Morgan fingerprint density at radius 3 is 2.47 bits per heavy atom. The van der Waals surface area contributed by atoms with Gasteiger partial charge in [-0.05, 0) is 36.8 Å². The lowest BCUT2D eigenvalue weighted by atomic mass is 10.1. The molecule has 0 aliphatic rings. The van der Waals surface area contributed by atoms with Crippen molar-refractivity contribution in [2.24, 2.45) is 0 Å². The van der Waals surface area contributed by atoms with Gasteiger partial charge in [0.2, 0.25) is 0 Å². The lowest BCUT2D eigenvalue weighted by molar-refractivity contribution is 0.194. The van der Waals surface area contributed by atoms with Gasteiger partial charge < -0.3 is 10.2 Å². The molecule has 11 heteroatoms. The van der Waals surface area contributed by atoms with E-state index in [0.717, 1.165) is 27.5 Å². The Bertz CT molecular complexity index is 1090. The van der Waals surface area contributed by atoms with Gasteiger partial charge in [0.1, 0.15) is 16.9 Å². The van der Waals surface area contributed by atoms with Gasteiger partial charge in [-0.15, -0.1) is 11.3 Å². The van der Waals surface area contributed by atoms with Crippen LogP contribution in [0, 0.1) is 0 Å². The van der Waals surface area contributed by atoms with Crippen LogP contribution in [0.3, 0.4) is 0 Å². The van der Waals surface area contributed by atoms with Crippen LogP contribution in [0.25, 0.3) is 5.69 Å². The first-order chi connectivity index (χ1) is 14.2. The van der Waals surface area contributed by atoms with Gasteiger partial charge in [0.15, 0.2) is 0 Å². The molecule has 1 N–H and O–H groups in total. The van der Waals surface area contributed by atoms with Gasteiger partial charge in [0.25, 0.3) is 10.0 Å². The third kappa shape index (κ3) is 4.69. The number of carbonyl (C=O) groups is 1. The van der Waals surface area contributed by atoms with Gasteiger partial charge in [0.05, 0.1) is 18.3 Å². The minimum Gasteiger partial charge on any atom is -0.333 e. The van der Waals surface area contributed by atoms with Crippen LogP contribution in [0.2, 0.25) is 0 Å². The number of urea groups is 1. The molecule has 2 aromatic heterocycles. The lowest BCUT2D eigenvalue weighted by Crippen LogP contribution is -2.38. The molecule has 0 spiro atoms.